The summed E-state index contributed by atoms with van der Waals surface area (Å²) in [6, 6.07) is 0. The zero-order valence-corrected chi connectivity index (χ0v) is 8.14. The van der Waals surface area contributed by atoms with Crippen LogP contribution in [0.3, 0.4) is 0 Å². The normalized spacial score (nSPS) is 11.2. The third kappa shape index (κ3) is 1.48. The minimum Gasteiger partial charge on any atom is -0.468 e. The molecule has 1 aromatic rings. The molecule has 1 aromatic heterocycles. The van der Waals surface area contributed by atoms with E-state index in [0.717, 1.165) is 5.69 Å². The molecule has 1 heterocycles. The molecule has 0 aliphatic rings. The van der Waals surface area contributed by atoms with Gasteiger partial charge in [-0.25, -0.2) is 4.98 Å². The number of hydrogen-bond donors (Lipinski definition) is 0. The number of rotatable bonds is 2. The van der Waals surface area contributed by atoms with E-state index < -0.39 is 5.41 Å². The van der Waals surface area contributed by atoms with Crippen LogP contribution in [0.1, 0.15) is 19.5 Å². The van der Waals surface area contributed by atoms with Crippen molar-refractivity contribution in [2.24, 2.45) is 0 Å². The van der Waals surface area contributed by atoms with Crippen LogP contribution in [-0.2, 0) is 14.9 Å². The summed E-state index contributed by atoms with van der Waals surface area (Å²) in [5.41, 5.74) is 1.84. The highest BCUT2D eigenvalue weighted by atomic mass is 32.1. The molecule has 4 heteroatoms. The number of ether oxygens (including phenoxy) is 1. The van der Waals surface area contributed by atoms with Crippen LogP contribution >= 0.6 is 11.3 Å². The Morgan fingerprint density at radius 1 is 1.67 bits per heavy atom. The maximum Gasteiger partial charge on any atom is 0.317 e. The van der Waals surface area contributed by atoms with Crippen molar-refractivity contribution in [1.82, 2.24) is 4.98 Å². The highest BCUT2D eigenvalue weighted by molar-refractivity contribution is 7.07. The monoisotopic (exact) mass is 185 g/mol. The van der Waals surface area contributed by atoms with Crippen LogP contribution in [0.25, 0.3) is 0 Å². The Balaban J connectivity index is 2.93. The topological polar surface area (TPSA) is 39.2 Å². The molecule has 0 saturated heterocycles. The molecule has 3 nitrogen and oxygen atoms in total. The molecule has 0 bridgehead atoms. The number of carbonyl (C=O) groups is 1. The molecule has 66 valence electrons. The smallest absolute Gasteiger partial charge is 0.317 e. The average Bonchev–Trinajstić information content (AvgIpc) is 2.55. The summed E-state index contributed by atoms with van der Waals surface area (Å²) in [6.45, 7) is 3.60. The quantitative estimate of drug-likeness (QED) is 0.657. The third-order valence-corrected chi connectivity index (χ3v) is 2.35. The molecule has 0 aliphatic carbocycles. The number of methoxy groups -OCH3 is 1. The molecule has 0 aromatic carbocycles. The predicted molar refractivity (Wildman–Crippen MR) is 47.2 cm³/mol. The van der Waals surface area contributed by atoms with Crippen LogP contribution in [0.4, 0.5) is 0 Å². The second-order valence-corrected chi connectivity index (χ2v) is 3.71. The van der Waals surface area contributed by atoms with Crippen LogP contribution in [0.2, 0.25) is 0 Å². The van der Waals surface area contributed by atoms with Crippen molar-refractivity contribution in [3.8, 4) is 0 Å². The Morgan fingerprint density at radius 2 is 2.33 bits per heavy atom. The largest absolute Gasteiger partial charge is 0.468 e. The van der Waals surface area contributed by atoms with Gasteiger partial charge in [-0.15, -0.1) is 11.3 Å². The van der Waals surface area contributed by atoms with Gasteiger partial charge in [0.05, 0.1) is 18.3 Å². The zero-order valence-electron chi connectivity index (χ0n) is 7.33. The maximum absolute atomic E-state index is 11.3. The van der Waals surface area contributed by atoms with Crippen molar-refractivity contribution >= 4 is 17.3 Å². The number of esters is 1. The number of thiazole rings is 1. The number of carbonyl (C=O) groups excluding carboxylic acids is 1. The Kier molecular flexibility index (Phi) is 2.47. The molecular formula is C8H11NO2S. The molecule has 0 fully saturated rings. The summed E-state index contributed by atoms with van der Waals surface area (Å²) in [4.78, 5) is 15.3. The van der Waals surface area contributed by atoms with Gasteiger partial charge in [-0.2, -0.15) is 0 Å². The molecule has 0 unspecified atom stereocenters. The molecule has 0 spiro atoms. The summed E-state index contributed by atoms with van der Waals surface area (Å²) in [6.07, 6.45) is 0. The van der Waals surface area contributed by atoms with Crippen molar-refractivity contribution in [1.29, 1.82) is 0 Å². The van der Waals surface area contributed by atoms with Gasteiger partial charge >= 0.3 is 5.97 Å². The number of nitrogens with zero attached hydrogens (tertiary/aromatic N) is 1. The lowest BCUT2D eigenvalue weighted by Gasteiger charge is -2.18. The summed E-state index contributed by atoms with van der Waals surface area (Å²) >= 11 is 1.48. The van der Waals surface area contributed by atoms with Gasteiger partial charge in [-0.3, -0.25) is 4.79 Å². The van der Waals surface area contributed by atoms with Crippen LogP contribution in [-0.4, -0.2) is 18.1 Å². The van der Waals surface area contributed by atoms with E-state index in [4.69, 9.17) is 0 Å². The minimum absolute atomic E-state index is 0.256. The zero-order chi connectivity index (χ0) is 9.19. The van der Waals surface area contributed by atoms with Crippen molar-refractivity contribution < 1.29 is 9.53 Å². The second kappa shape index (κ2) is 3.23. The van der Waals surface area contributed by atoms with E-state index in [2.05, 4.69) is 9.72 Å². The SMILES string of the molecule is COC(=O)C(C)(C)c1cscn1. The fraction of sp³-hybridized carbons (Fsp3) is 0.500. The molecule has 12 heavy (non-hydrogen) atoms. The number of aromatic nitrogens is 1. The Morgan fingerprint density at radius 3 is 2.75 bits per heavy atom. The van der Waals surface area contributed by atoms with E-state index in [-0.39, 0.29) is 5.97 Å². The van der Waals surface area contributed by atoms with Gasteiger partial charge in [0.2, 0.25) is 0 Å². The first kappa shape index (κ1) is 9.19. The maximum atomic E-state index is 11.3. The third-order valence-electron chi connectivity index (χ3n) is 1.77. The second-order valence-electron chi connectivity index (χ2n) is 2.99. The summed E-state index contributed by atoms with van der Waals surface area (Å²) < 4.78 is 4.66. The van der Waals surface area contributed by atoms with Crippen LogP contribution < -0.4 is 0 Å². The highest BCUT2D eigenvalue weighted by Gasteiger charge is 2.32. The first-order valence-electron chi connectivity index (χ1n) is 3.56. The van der Waals surface area contributed by atoms with Gasteiger partial charge in [0.25, 0.3) is 0 Å². The minimum atomic E-state index is -0.630. The summed E-state index contributed by atoms with van der Waals surface area (Å²) in [5.74, 6) is -0.256. The van der Waals surface area contributed by atoms with Gasteiger partial charge in [0, 0.05) is 5.38 Å². The van der Waals surface area contributed by atoms with E-state index in [1.54, 1.807) is 19.4 Å². The molecule has 0 saturated carbocycles. The molecular weight excluding hydrogens is 174 g/mol. The van der Waals surface area contributed by atoms with Gasteiger partial charge in [-0.05, 0) is 13.8 Å². The van der Waals surface area contributed by atoms with E-state index in [0.29, 0.717) is 0 Å². The Hall–Kier alpha value is -0.900. The molecule has 0 N–H and O–H groups in total. The van der Waals surface area contributed by atoms with Crippen molar-refractivity contribution in [2.75, 3.05) is 7.11 Å². The van der Waals surface area contributed by atoms with Gasteiger partial charge in [0.15, 0.2) is 0 Å². The highest BCUT2D eigenvalue weighted by Crippen LogP contribution is 2.23. The molecule has 1 rings (SSSR count). The lowest BCUT2D eigenvalue weighted by Crippen LogP contribution is -2.30. The summed E-state index contributed by atoms with van der Waals surface area (Å²) in [5, 5.41) is 1.86. The standard InChI is InChI=1S/C8H11NO2S/c1-8(2,7(10)11-3)6-4-12-5-9-6/h4-5H,1-3H3. The van der Waals surface area contributed by atoms with Crippen molar-refractivity contribution in [3.05, 3.63) is 16.6 Å². The first-order chi connectivity index (χ1) is 5.59. The fourth-order valence-corrected chi connectivity index (χ4v) is 1.60. The predicted octanol–water partition coefficient (Wildman–Crippen LogP) is 1.59. The molecule has 0 amide bonds. The van der Waals surface area contributed by atoms with Crippen LogP contribution in [0, 0.1) is 0 Å². The van der Waals surface area contributed by atoms with Gasteiger partial charge < -0.3 is 4.74 Å². The Bertz CT molecular complexity index is 267. The van der Waals surface area contributed by atoms with E-state index in [1.807, 2.05) is 5.38 Å². The lowest BCUT2D eigenvalue weighted by molar-refractivity contribution is -0.146. The van der Waals surface area contributed by atoms with Crippen molar-refractivity contribution in [2.45, 2.75) is 19.3 Å². The summed E-state index contributed by atoms with van der Waals surface area (Å²) in [7, 11) is 1.39. The lowest BCUT2D eigenvalue weighted by atomic mass is 9.90. The van der Waals surface area contributed by atoms with E-state index in [9.17, 15) is 4.79 Å². The Labute approximate surface area is 75.4 Å². The van der Waals surface area contributed by atoms with Crippen molar-refractivity contribution in [3.63, 3.8) is 0 Å². The number of hydrogen-bond acceptors (Lipinski definition) is 4. The first-order valence-corrected chi connectivity index (χ1v) is 4.50. The fourth-order valence-electron chi connectivity index (χ4n) is 0.881. The van der Waals surface area contributed by atoms with E-state index in [1.165, 1.54) is 18.4 Å². The molecule has 0 radical (unpaired) electrons. The molecule has 0 atom stereocenters. The molecule has 0 aliphatic heterocycles. The van der Waals surface area contributed by atoms with Crippen LogP contribution in [0.15, 0.2) is 10.9 Å². The van der Waals surface area contributed by atoms with Gasteiger partial charge in [0.1, 0.15) is 5.41 Å². The van der Waals surface area contributed by atoms with E-state index >= 15 is 0 Å². The average molecular weight is 185 g/mol. The van der Waals surface area contributed by atoms with Gasteiger partial charge in [-0.1, -0.05) is 0 Å². The van der Waals surface area contributed by atoms with Crippen LogP contribution in [0.5, 0.6) is 0 Å².